The van der Waals surface area contributed by atoms with E-state index in [-0.39, 0.29) is 5.69 Å². The van der Waals surface area contributed by atoms with Crippen LogP contribution in [0.5, 0.6) is 5.75 Å². The van der Waals surface area contributed by atoms with Gasteiger partial charge < -0.3 is 4.74 Å². The normalized spacial score (nSPS) is 10.3. The minimum Gasteiger partial charge on any atom is -0.496 e. The van der Waals surface area contributed by atoms with E-state index in [1.54, 1.807) is 36.8 Å². The van der Waals surface area contributed by atoms with Crippen molar-refractivity contribution in [1.82, 2.24) is 9.55 Å². The summed E-state index contributed by atoms with van der Waals surface area (Å²) in [5.74, 6) is 0.641. The average molecular weight is 272 g/mol. The van der Waals surface area contributed by atoms with E-state index in [9.17, 15) is 9.59 Å². The number of benzene rings is 1. The number of rotatable bonds is 4. The van der Waals surface area contributed by atoms with Gasteiger partial charge in [-0.25, -0.2) is 4.79 Å². The highest BCUT2D eigenvalue weighted by Crippen LogP contribution is 2.20. The van der Waals surface area contributed by atoms with Crippen molar-refractivity contribution in [2.75, 3.05) is 7.11 Å². The summed E-state index contributed by atoms with van der Waals surface area (Å²) in [5.41, 5.74) is 2.53. The molecule has 5 heteroatoms. The van der Waals surface area contributed by atoms with Crippen LogP contribution in [0.1, 0.15) is 27.3 Å². The highest BCUT2D eigenvalue weighted by atomic mass is 16.5. The molecular weight excluding hydrogens is 256 g/mol. The summed E-state index contributed by atoms with van der Waals surface area (Å²) in [4.78, 5) is 26.8. The minimum atomic E-state index is -0.305. The summed E-state index contributed by atoms with van der Waals surface area (Å²) < 4.78 is 6.82. The van der Waals surface area contributed by atoms with Gasteiger partial charge in [0.05, 0.1) is 13.7 Å². The topological polar surface area (TPSA) is 61.2 Å². The zero-order valence-electron chi connectivity index (χ0n) is 11.7. The number of hydrogen-bond acceptors (Lipinski definition) is 4. The number of carbonyl (C=O) groups is 1. The van der Waals surface area contributed by atoms with Gasteiger partial charge >= 0.3 is 5.69 Å². The lowest BCUT2D eigenvalue weighted by molar-refractivity contribution is 0.112. The van der Waals surface area contributed by atoms with Crippen LogP contribution in [-0.4, -0.2) is 22.9 Å². The van der Waals surface area contributed by atoms with Crippen molar-refractivity contribution < 1.29 is 9.53 Å². The zero-order chi connectivity index (χ0) is 14.7. The Hall–Kier alpha value is -2.43. The van der Waals surface area contributed by atoms with Crippen LogP contribution in [-0.2, 0) is 6.54 Å². The Labute approximate surface area is 116 Å². The molecule has 0 radical (unpaired) electrons. The summed E-state index contributed by atoms with van der Waals surface area (Å²) >= 11 is 0. The summed E-state index contributed by atoms with van der Waals surface area (Å²) in [6, 6.07) is 6.97. The Kier molecular flexibility index (Phi) is 3.98. The van der Waals surface area contributed by atoms with Gasteiger partial charge in [-0.2, -0.15) is 4.98 Å². The van der Waals surface area contributed by atoms with Crippen molar-refractivity contribution in [1.29, 1.82) is 0 Å². The molecule has 1 aromatic carbocycles. The number of carbonyl (C=O) groups excluding carboxylic acids is 1. The van der Waals surface area contributed by atoms with Crippen molar-refractivity contribution in [3.05, 3.63) is 57.3 Å². The molecule has 0 fully saturated rings. The number of hydrogen-bond donors (Lipinski definition) is 0. The van der Waals surface area contributed by atoms with E-state index in [1.807, 2.05) is 13.0 Å². The smallest absolute Gasteiger partial charge is 0.348 e. The summed E-state index contributed by atoms with van der Waals surface area (Å²) in [7, 11) is 1.56. The number of nitrogens with zero attached hydrogens (tertiary/aromatic N) is 2. The first kappa shape index (κ1) is 14.0. The van der Waals surface area contributed by atoms with Gasteiger partial charge in [0.2, 0.25) is 0 Å². The molecule has 2 aromatic rings. The summed E-state index contributed by atoms with van der Waals surface area (Å²) in [6.45, 7) is 3.96. The highest BCUT2D eigenvalue weighted by molar-refractivity contribution is 5.75. The summed E-state index contributed by atoms with van der Waals surface area (Å²) in [6.07, 6.45) is 0.770. The van der Waals surface area contributed by atoms with Gasteiger partial charge in [-0.3, -0.25) is 9.36 Å². The van der Waals surface area contributed by atoms with E-state index in [4.69, 9.17) is 4.74 Å². The minimum absolute atomic E-state index is 0.305. The van der Waals surface area contributed by atoms with E-state index in [1.165, 1.54) is 0 Å². The molecule has 0 bridgehead atoms. The first-order valence-electron chi connectivity index (χ1n) is 6.22. The van der Waals surface area contributed by atoms with Gasteiger partial charge in [0.1, 0.15) is 12.0 Å². The quantitative estimate of drug-likeness (QED) is 0.795. The van der Waals surface area contributed by atoms with E-state index < -0.39 is 0 Å². The molecule has 20 heavy (non-hydrogen) atoms. The van der Waals surface area contributed by atoms with Crippen molar-refractivity contribution >= 4 is 6.29 Å². The van der Waals surface area contributed by atoms with E-state index in [0.29, 0.717) is 23.6 Å². The van der Waals surface area contributed by atoms with Gasteiger partial charge in [-0.1, -0.05) is 0 Å². The van der Waals surface area contributed by atoms with Crippen LogP contribution in [0.3, 0.4) is 0 Å². The number of aldehydes is 1. The van der Waals surface area contributed by atoms with Crippen LogP contribution < -0.4 is 10.4 Å². The van der Waals surface area contributed by atoms with Crippen molar-refractivity contribution in [3.63, 3.8) is 0 Å². The maximum Gasteiger partial charge on any atom is 0.348 e. The standard InChI is InChI=1S/C15H16N2O3/c1-10-6-11(2)17(15(19)16-10)8-13-7-12(9-18)4-5-14(13)20-3/h4-7,9H,8H2,1-3H3. The number of methoxy groups -OCH3 is 1. The highest BCUT2D eigenvalue weighted by Gasteiger charge is 2.09. The fourth-order valence-electron chi connectivity index (χ4n) is 2.13. The molecule has 0 aliphatic carbocycles. The van der Waals surface area contributed by atoms with Crippen molar-refractivity contribution in [2.45, 2.75) is 20.4 Å². The van der Waals surface area contributed by atoms with Crippen LogP contribution >= 0.6 is 0 Å². The van der Waals surface area contributed by atoms with Gasteiger partial charge in [0, 0.05) is 22.5 Å². The molecule has 0 saturated heterocycles. The third-order valence-electron chi connectivity index (χ3n) is 3.12. The lowest BCUT2D eigenvalue weighted by Crippen LogP contribution is -2.26. The van der Waals surface area contributed by atoms with Gasteiger partial charge in [-0.15, -0.1) is 0 Å². The maximum absolute atomic E-state index is 12.0. The second-order valence-corrected chi connectivity index (χ2v) is 4.60. The SMILES string of the molecule is COc1ccc(C=O)cc1Cn1c(C)cc(C)nc1=O. The Bertz CT molecular complexity index is 705. The molecule has 0 spiro atoms. The fraction of sp³-hybridized carbons (Fsp3) is 0.267. The zero-order valence-corrected chi connectivity index (χ0v) is 11.7. The van der Waals surface area contributed by atoms with E-state index in [2.05, 4.69) is 4.98 Å². The first-order valence-corrected chi connectivity index (χ1v) is 6.22. The molecule has 104 valence electrons. The molecule has 0 amide bonds. The Morgan fingerprint density at radius 1 is 1.30 bits per heavy atom. The maximum atomic E-state index is 12.0. The molecule has 0 unspecified atom stereocenters. The second kappa shape index (κ2) is 5.69. The predicted octanol–water partition coefficient (Wildman–Crippen LogP) is 1.73. The van der Waals surface area contributed by atoms with Gasteiger partial charge in [0.25, 0.3) is 0 Å². The number of aryl methyl sites for hydroxylation is 2. The van der Waals surface area contributed by atoms with Crippen LogP contribution in [0.4, 0.5) is 0 Å². The molecule has 0 atom stereocenters. The summed E-state index contributed by atoms with van der Waals surface area (Å²) in [5, 5.41) is 0. The Morgan fingerprint density at radius 2 is 2.05 bits per heavy atom. The number of ether oxygens (including phenoxy) is 1. The fourth-order valence-corrected chi connectivity index (χ4v) is 2.13. The Balaban J connectivity index is 2.49. The molecule has 2 rings (SSSR count). The lowest BCUT2D eigenvalue weighted by Gasteiger charge is -2.13. The molecule has 0 saturated carbocycles. The average Bonchev–Trinajstić information content (AvgIpc) is 2.42. The van der Waals surface area contributed by atoms with E-state index >= 15 is 0 Å². The van der Waals surface area contributed by atoms with Crippen molar-refractivity contribution in [2.24, 2.45) is 0 Å². The molecule has 1 heterocycles. The third-order valence-corrected chi connectivity index (χ3v) is 3.12. The second-order valence-electron chi connectivity index (χ2n) is 4.60. The predicted molar refractivity (Wildman–Crippen MR) is 75.5 cm³/mol. The molecule has 1 aromatic heterocycles. The molecule has 0 aliphatic heterocycles. The van der Waals surface area contributed by atoms with Crippen LogP contribution in [0.2, 0.25) is 0 Å². The van der Waals surface area contributed by atoms with E-state index in [0.717, 1.165) is 17.5 Å². The molecule has 0 N–H and O–H groups in total. The van der Waals surface area contributed by atoms with Gasteiger partial charge in [-0.05, 0) is 38.1 Å². The van der Waals surface area contributed by atoms with Crippen LogP contribution in [0, 0.1) is 13.8 Å². The third kappa shape index (κ3) is 2.77. The van der Waals surface area contributed by atoms with Crippen LogP contribution in [0.25, 0.3) is 0 Å². The first-order chi connectivity index (χ1) is 9.55. The monoisotopic (exact) mass is 272 g/mol. The molecule has 5 nitrogen and oxygen atoms in total. The van der Waals surface area contributed by atoms with Crippen molar-refractivity contribution in [3.8, 4) is 5.75 Å². The largest absolute Gasteiger partial charge is 0.496 e. The number of aromatic nitrogens is 2. The lowest BCUT2D eigenvalue weighted by atomic mass is 10.1. The van der Waals surface area contributed by atoms with Crippen LogP contribution in [0.15, 0.2) is 29.1 Å². The molecule has 0 aliphatic rings. The Morgan fingerprint density at radius 3 is 2.65 bits per heavy atom. The molecular formula is C15H16N2O3. The van der Waals surface area contributed by atoms with Gasteiger partial charge in [0.15, 0.2) is 0 Å².